The number of rotatable bonds is 4. The Morgan fingerprint density at radius 1 is 1.33 bits per heavy atom. The molecule has 0 bridgehead atoms. The van der Waals surface area contributed by atoms with Crippen molar-refractivity contribution < 1.29 is 4.39 Å². The van der Waals surface area contributed by atoms with Crippen molar-refractivity contribution in [2.24, 2.45) is 0 Å². The number of nitrogens with one attached hydrogen (secondary N) is 1. The van der Waals surface area contributed by atoms with Crippen molar-refractivity contribution in [1.29, 1.82) is 0 Å². The standard InChI is InChI=1S/C10H14FN/c1-2-12-8-7-9-5-3-4-6-10(9)11/h3-6,12H,2,7-8H2,1H3. The minimum atomic E-state index is -0.101. The van der Waals surface area contributed by atoms with Crippen LogP contribution >= 0.6 is 0 Å². The van der Waals surface area contributed by atoms with Gasteiger partial charge < -0.3 is 5.32 Å². The van der Waals surface area contributed by atoms with Crippen LogP contribution in [0.3, 0.4) is 0 Å². The lowest BCUT2D eigenvalue weighted by Gasteiger charge is -2.02. The average Bonchev–Trinajstić information content (AvgIpc) is 2.09. The highest BCUT2D eigenvalue weighted by Gasteiger charge is 1.98. The zero-order valence-electron chi connectivity index (χ0n) is 7.31. The van der Waals surface area contributed by atoms with Gasteiger partial charge in [-0.1, -0.05) is 25.1 Å². The SMILES string of the molecule is CCNCCc1ccccc1F. The largest absolute Gasteiger partial charge is 0.317 e. The van der Waals surface area contributed by atoms with Crippen LogP contribution < -0.4 is 5.32 Å². The quantitative estimate of drug-likeness (QED) is 0.676. The van der Waals surface area contributed by atoms with Gasteiger partial charge in [-0.3, -0.25) is 0 Å². The highest BCUT2D eigenvalue weighted by Crippen LogP contribution is 2.05. The molecule has 0 spiro atoms. The topological polar surface area (TPSA) is 12.0 Å². The Bertz CT molecular complexity index is 235. The Balaban J connectivity index is 2.46. The molecule has 2 heteroatoms. The third-order valence-corrected chi connectivity index (χ3v) is 1.78. The van der Waals surface area contributed by atoms with Gasteiger partial charge in [0, 0.05) is 0 Å². The van der Waals surface area contributed by atoms with E-state index in [4.69, 9.17) is 0 Å². The predicted octanol–water partition coefficient (Wildman–Crippen LogP) is 1.98. The van der Waals surface area contributed by atoms with E-state index in [2.05, 4.69) is 5.32 Å². The van der Waals surface area contributed by atoms with Crippen molar-refractivity contribution in [2.45, 2.75) is 13.3 Å². The Kier molecular flexibility index (Phi) is 3.74. The van der Waals surface area contributed by atoms with Crippen LogP contribution in [0.1, 0.15) is 12.5 Å². The van der Waals surface area contributed by atoms with E-state index >= 15 is 0 Å². The molecular formula is C10H14FN. The Morgan fingerprint density at radius 2 is 2.08 bits per heavy atom. The molecule has 0 atom stereocenters. The molecule has 0 heterocycles. The van der Waals surface area contributed by atoms with Gasteiger partial charge in [0.05, 0.1) is 0 Å². The summed E-state index contributed by atoms with van der Waals surface area (Å²) < 4.78 is 13.0. The lowest BCUT2D eigenvalue weighted by Crippen LogP contribution is -2.16. The van der Waals surface area contributed by atoms with E-state index in [0.29, 0.717) is 0 Å². The van der Waals surface area contributed by atoms with Crippen molar-refractivity contribution in [1.82, 2.24) is 5.32 Å². The molecule has 0 aliphatic heterocycles. The van der Waals surface area contributed by atoms with Crippen LogP contribution in [0.4, 0.5) is 4.39 Å². The van der Waals surface area contributed by atoms with Crippen LogP contribution in [0.2, 0.25) is 0 Å². The van der Waals surface area contributed by atoms with Crippen molar-refractivity contribution in [2.75, 3.05) is 13.1 Å². The number of hydrogen-bond acceptors (Lipinski definition) is 1. The minimum Gasteiger partial charge on any atom is -0.317 e. The molecule has 0 unspecified atom stereocenters. The molecule has 0 saturated carbocycles. The molecule has 1 rings (SSSR count). The van der Waals surface area contributed by atoms with Gasteiger partial charge in [-0.2, -0.15) is 0 Å². The van der Waals surface area contributed by atoms with Crippen molar-refractivity contribution in [3.8, 4) is 0 Å². The molecule has 0 radical (unpaired) electrons. The van der Waals surface area contributed by atoms with Crippen LogP contribution in [0.15, 0.2) is 24.3 Å². The predicted molar refractivity (Wildman–Crippen MR) is 48.6 cm³/mol. The van der Waals surface area contributed by atoms with E-state index in [1.807, 2.05) is 19.1 Å². The summed E-state index contributed by atoms with van der Waals surface area (Å²) in [7, 11) is 0. The van der Waals surface area contributed by atoms with E-state index < -0.39 is 0 Å². The summed E-state index contributed by atoms with van der Waals surface area (Å²) in [6.45, 7) is 3.83. The first-order chi connectivity index (χ1) is 5.84. The maximum atomic E-state index is 13.0. The number of halogens is 1. The maximum Gasteiger partial charge on any atom is 0.126 e. The molecule has 0 saturated heterocycles. The molecule has 0 amide bonds. The smallest absolute Gasteiger partial charge is 0.126 e. The van der Waals surface area contributed by atoms with Crippen LogP contribution in [-0.4, -0.2) is 13.1 Å². The van der Waals surface area contributed by atoms with E-state index in [9.17, 15) is 4.39 Å². The zero-order chi connectivity index (χ0) is 8.81. The fourth-order valence-corrected chi connectivity index (χ4v) is 1.10. The van der Waals surface area contributed by atoms with Gasteiger partial charge in [0.1, 0.15) is 5.82 Å². The Morgan fingerprint density at radius 3 is 2.75 bits per heavy atom. The zero-order valence-corrected chi connectivity index (χ0v) is 7.31. The number of hydrogen-bond donors (Lipinski definition) is 1. The third-order valence-electron chi connectivity index (χ3n) is 1.78. The first-order valence-electron chi connectivity index (χ1n) is 4.28. The van der Waals surface area contributed by atoms with Crippen LogP contribution in [0.25, 0.3) is 0 Å². The highest BCUT2D eigenvalue weighted by atomic mass is 19.1. The van der Waals surface area contributed by atoms with E-state index in [0.717, 1.165) is 25.1 Å². The van der Waals surface area contributed by atoms with Crippen LogP contribution in [-0.2, 0) is 6.42 Å². The summed E-state index contributed by atoms with van der Waals surface area (Å²) in [5.41, 5.74) is 0.790. The Labute approximate surface area is 72.6 Å². The lowest BCUT2D eigenvalue weighted by atomic mass is 10.1. The lowest BCUT2D eigenvalue weighted by molar-refractivity contribution is 0.601. The molecule has 0 aliphatic carbocycles. The molecule has 12 heavy (non-hydrogen) atoms. The second-order valence-corrected chi connectivity index (χ2v) is 2.69. The molecule has 1 aromatic rings. The average molecular weight is 167 g/mol. The van der Waals surface area contributed by atoms with Gasteiger partial charge in [0.2, 0.25) is 0 Å². The minimum absolute atomic E-state index is 0.101. The fourth-order valence-electron chi connectivity index (χ4n) is 1.10. The maximum absolute atomic E-state index is 13.0. The molecule has 1 aromatic carbocycles. The summed E-state index contributed by atoms with van der Waals surface area (Å²) in [6, 6.07) is 6.91. The van der Waals surface area contributed by atoms with Crippen LogP contribution in [0.5, 0.6) is 0 Å². The summed E-state index contributed by atoms with van der Waals surface area (Å²) in [4.78, 5) is 0. The number of benzene rings is 1. The second-order valence-electron chi connectivity index (χ2n) is 2.69. The van der Waals surface area contributed by atoms with E-state index in [1.165, 1.54) is 6.07 Å². The van der Waals surface area contributed by atoms with Gasteiger partial charge in [0.15, 0.2) is 0 Å². The third kappa shape index (κ3) is 2.62. The molecule has 1 nitrogen and oxygen atoms in total. The highest BCUT2D eigenvalue weighted by molar-refractivity contribution is 5.17. The van der Waals surface area contributed by atoms with Crippen molar-refractivity contribution >= 4 is 0 Å². The van der Waals surface area contributed by atoms with Crippen LogP contribution in [0, 0.1) is 5.82 Å². The molecular weight excluding hydrogens is 153 g/mol. The van der Waals surface area contributed by atoms with Gasteiger partial charge >= 0.3 is 0 Å². The molecule has 0 aromatic heterocycles. The monoisotopic (exact) mass is 167 g/mol. The number of likely N-dealkylation sites (N-methyl/N-ethyl adjacent to an activating group) is 1. The van der Waals surface area contributed by atoms with Gasteiger partial charge in [-0.05, 0) is 31.1 Å². The first kappa shape index (κ1) is 9.20. The molecule has 66 valence electrons. The van der Waals surface area contributed by atoms with Crippen molar-refractivity contribution in [3.05, 3.63) is 35.6 Å². The molecule has 0 fully saturated rings. The summed E-state index contributed by atoms with van der Waals surface area (Å²) >= 11 is 0. The van der Waals surface area contributed by atoms with Gasteiger partial charge in [0.25, 0.3) is 0 Å². The van der Waals surface area contributed by atoms with E-state index in [1.54, 1.807) is 6.07 Å². The summed E-state index contributed by atoms with van der Waals surface area (Å²) in [5, 5.41) is 3.16. The summed E-state index contributed by atoms with van der Waals surface area (Å²) in [5.74, 6) is -0.101. The normalized spacial score (nSPS) is 10.2. The second kappa shape index (κ2) is 4.88. The molecule has 1 N–H and O–H groups in total. The summed E-state index contributed by atoms with van der Waals surface area (Å²) in [6.07, 6.45) is 0.764. The Hall–Kier alpha value is -0.890. The first-order valence-corrected chi connectivity index (χ1v) is 4.28. The van der Waals surface area contributed by atoms with Gasteiger partial charge in [-0.25, -0.2) is 4.39 Å². The fraction of sp³-hybridized carbons (Fsp3) is 0.400. The van der Waals surface area contributed by atoms with E-state index in [-0.39, 0.29) is 5.82 Å². The van der Waals surface area contributed by atoms with Gasteiger partial charge in [-0.15, -0.1) is 0 Å². The van der Waals surface area contributed by atoms with Crippen molar-refractivity contribution in [3.63, 3.8) is 0 Å². The molecule has 0 aliphatic rings.